The first-order chi connectivity index (χ1) is 11.6. The Morgan fingerprint density at radius 2 is 1.88 bits per heavy atom. The number of aromatic nitrogens is 1. The minimum atomic E-state index is -0.335. The van der Waals surface area contributed by atoms with E-state index in [4.69, 9.17) is 4.74 Å². The fourth-order valence-corrected chi connectivity index (χ4v) is 2.74. The van der Waals surface area contributed by atoms with Crippen LogP contribution < -0.4 is 10.1 Å². The van der Waals surface area contributed by atoms with Gasteiger partial charge in [0.2, 0.25) is 0 Å². The Labute approximate surface area is 139 Å². The van der Waals surface area contributed by atoms with Gasteiger partial charge in [-0.3, -0.25) is 4.79 Å². The number of nitrogens with zero attached hydrogens (tertiary/aromatic N) is 1. The van der Waals surface area contributed by atoms with E-state index in [0.29, 0.717) is 12.3 Å². The van der Waals surface area contributed by atoms with Crippen molar-refractivity contribution in [3.8, 4) is 5.75 Å². The number of halogens is 1. The van der Waals surface area contributed by atoms with Crippen molar-refractivity contribution in [2.45, 2.75) is 13.5 Å². The van der Waals surface area contributed by atoms with E-state index in [0.717, 1.165) is 22.2 Å². The summed E-state index contributed by atoms with van der Waals surface area (Å²) in [5.74, 6) is -0.0854. The predicted molar refractivity (Wildman–Crippen MR) is 91.4 cm³/mol. The molecule has 0 atom stereocenters. The molecule has 0 fully saturated rings. The largest absolute Gasteiger partial charge is 0.484 e. The SMILES string of the molecule is Cc1c(CNC(=O)COc2ccc(F)cc2)c2ccccc2n1C. The van der Waals surface area contributed by atoms with Crippen LogP contribution in [0.25, 0.3) is 10.9 Å². The lowest BCUT2D eigenvalue weighted by molar-refractivity contribution is -0.123. The number of hydrogen-bond donors (Lipinski definition) is 1. The summed E-state index contributed by atoms with van der Waals surface area (Å²) in [7, 11) is 2.01. The van der Waals surface area contributed by atoms with Crippen LogP contribution in [-0.2, 0) is 18.4 Å². The number of para-hydroxylation sites is 1. The molecule has 3 rings (SSSR count). The highest BCUT2D eigenvalue weighted by atomic mass is 19.1. The van der Waals surface area contributed by atoms with Gasteiger partial charge in [0.1, 0.15) is 11.6 Å². The van der Waals surface area contributed by atoms with Gasteiger partial charge in [-0.25, -0.2) is 4.39 Å². The number of carbonyl (C=O) groups excluding carboxylic acids is 1. The quantitative estimate of drug-likeness (QED) is 0.781. The summed E-state index contributed by atoms with van der Waals surface area (Å²) in [6.07, 6.45) is 0. The van der Waals surface area contributed by atoms with E-state index >= 15 is 0 Å². The highest BCUT2D eigenvalue weighted by Crippen LogP contribution is 2.24. The molecule has 1 N–H and O–H groups in total. The lowest BCUT2D eigenvalue weighted by Gasteiger charge is -2.08. The summed E-state index contributed by atoms with van der Waals surface area (Å²) < 4.78 is 20.3. The van der Waals surface area contributed by atoms with Crippen molar-refractivity contribution in [2.75, 3.05) is 6.61 Å². The summed E-state index contributed by atoms with van der Waals surface area (Å²) >= 11 is 0. The minimum absolute atomic E-state index is 0.102. The van der Waals surface area contributed by atoms with Gasteiger partial charge in [-0.15, -0.1) is 0 Å². The van der Waals surface area contributed by atoms with E-state index in [1.807, 2.05) is 26.1 Å². The molecule has 5 heteroatoms. The fourth-order valence-electron chi connectivity index (χ4n) is 2.74. The highest BCUT2D eigenvalue weighted by Gasteiger charge is 2.12. The van der Waals surface area contributed by atoms with Crippen molar-refractivity contribution in [1.29, 1.82) is 0 Å². The smallest absolute Gasteiger partial charge is 0.258 e. The molecular formula is C19H19FN2O2. The molecule has 0 saturated heterocycles. The lowest BCUT2D eigenvalue weighted by Crippen LogP contribution is -2.28. The molecule has 2 aromatic carbocycles. The molecule has 0 aliphatic carbocycles. The van der Waals surface area contributed by atoms with Gasteiger partial charge in [0.25, 0.3) is 5.91 Å². The zero-order valence-electron chi connectivity index (χ0n) is 13.7. The summed E-state index contributed by atoms with van der Waals surface area (Å²) in [6, 6.07) is 13.7. The Kier molecular flexibility index (Phi) is 4.51. The van der Waals surface area contributed by atoms with Crippen LogP contribution >= 0.6 is 0 Å². The van der Waals surface area contributed by atoms with Crippen LogP contribution in [0.3, 0.4) is 0 Å². The van der Waals surface area contributed by atoms with E-state index in [1.54, 1.807) is 0 Å². The van der Waals surface area contributed by atoms with Crippen molar-refractivity contribution >= 4 is 16.8 Å². The molecule has 0 spiro atoms. The van der Waals surface area contributed by atoms with Crippen LogP contribution in [0.15, 0.2) is 48.5 Å². The van der Waals surface area contributed by atoms with Crippen molar-refractivity contribution in [1.82, 2.24) is 9.88 Å². The Hall–Kier alpha value is -2.82. The van der Waals surface area contributed by atoms with Crippen LogP contribution in [0, 0.1) is 12.7 Å². The molecule has 0 unspecified atom stereocenters. The third-order valence-corrected chi connectivity index (χ3v) is 4.18. The number of hydrogen-bond acceptors (Lipinski definition) is 2. The Balaban J connectivity index is 1.62. The average Bonchev–Trinajstić information content (AvgIpc) is 2.84. The standard InChI is InChI=1S/C19H19FN2O2/c1-13-17(16-5-3-4-6-18(16)22(13)2)11-21-19(23)12-24-15-9-7-14(20)8-10-15/h3-10H,11-12H2,1-2H3,(H,21,23). The normalized spacial score (nSPS) is 10.8. The van der Waals surface area contributed by atoms with Crippen LogP contribution in [0.4, 0.5) is 4.39 Å². The molecule has 3 aromatic rings. The van der Waals surface area contributed by atoms with Gasteiger partial charge in [-0.1, -0.05) is 18.2 Å². The number of fused-ring (bicyclic) bond motifs is 1. The molecule has 4 nitrogen and oxygen atoms in total. The zero-order valence-corrected chi connectivity index (χ0v) is 13.7. The van der Waals surface area contributed by atoms with Gasteiger partial charge in [0, 0.05) is 30.2 Å². The lowest BCUT2D eigenvalue weighted by atomic mass is 10.1. The number of benzene rings is 2. The predicted octanol–water partition coefficient (Wildman–Crippen LogP) is 3.32. The van der Waals surface area contributed by atoms with E-state index in [9.17, 15) is 9.18 Å². The first-order valence-electron chi connectivity index (χ1n) is 7.74. The third-order valence-electron chi connectivity index (χ3n) is 4.18. The van der Waals surface area contributed by atoms with E-state index in [1.165, 1.54) is 24.3 Å². The second-order valence-electron chi connectivity index (χ2n) is 5.66. The van der Waals surface area contributed by atoms with Crippen LogP contribution in [0.1, 0.15) is 11.3 Å². The zero-order chi connectivity index (χ0) is 17.1. The van der Waals surface area contributed by atoms with Crippen molar-refractivity contribution < 1.29 is 13.9 Å². The van der Waals surface area contributed by atoms with Gasteiger partial charge >= 0.3 is 0 Å². The molecule has 0 saturated carbocycles. The molecule has 1 aromatic heterocycles. The van der Waals surface area contributed by atoms with E-state index in [2.05, 4.69) is 22.0 Å². The van der Waals surface area contributed by atoms with Gasteiger partial charge in [-0.2, -0.15) is 0 Å². The molecule has 124 valence electrons. The fraction of sp³-hybridized carbons (Fsp3) is 0.211. The number of rotatable bonds is 5. The maximum absolute atomic E-state index is 12.8. The number of carbonyl (C=O) groups is 1. The van der Waals surface area contributed by atoms with E-state index < -0.39 is 0 Å². The Morgan fingerprint density at radius 3 is 2.62 bits per heavy atom. The number of ether oxygens (including phenoxy) is 1. The maximum Gasteiger partial charge on any atom is 0.258 e. The molecule has 0 aliphatic heterocycles. The molecule has 0 bridgehead atoms. The molecule has 0 radical (unpaired) electrons. The third kappa shape index (κ3) is 3.25. The Morgan fingerprint density at radius 1 is 1.17 bits per heavy atom. The minimum Gasteiger partial charge on any atom is -0.484 e. The van der Waals surface area contributed by atoms with Crippen molar-refractivity contribution in [2.24, 2.45) is 7.05 Å². The molecule has 0 aliphatic rings. The van der Waals surface area contributed by atoms with Crippen LogP contribution in [0.5, 0.6) is 5.75 Å². The second-order valence-corrected chi connectivity index (χ2v) is 5.66. The highest BCUT2D eigenvalue weighted by molar-refractivity contribution is 5.86. The molecule has 1 amide bonds. The van der Waals surface area contributed by atoms with Crippen molar-refractivity contribution in [3.63, 3.8) is 0 Å². The summed E-state index contributed by atoms with van der Waals surface area (Å²) in [5.41, 5.74) is 3.36. The van der Waals surface area contributed by atoms with Gasteiger partial charge in [0.05, 0.1) is 0 Å². The summed E-state index contributed by atoms with van der Waals surface area (Å²) in [4.78, 5) is 12.0. The number of aryl methyl sites for hydroxylation is 1. The first kappa shape index (κ1) is 16.1. The molecule has 1 heterocycles. The maximum atomic E-state index is 12.8. The number of amides is 1. The topological polar surface area (TPSA) is 43.3 Å². The van der Waals surface area contributed by atoms with Crippen molar-refractivity contribution in [3.05, 3.63) is 65.6 Å². The number of nitrogens with one attached hydrogen (secondary N) is 1. The average molecular weight is 326 g/mol. The van der Waals surface area contributed by atoms with Gasteiger partial charge < -0.3 is 14.6 Å². The monoisotopic (exact) mass is 326 g/mol. The van der Waals surface area contributed by atoms with Gasteiger partial charge in [0.15, 0.2) is 6.61 Å². The Bertz CT molecular complexity index is 869. The summed E-state index contributed by atoms with van der Waals surface area (Å²) in [6.45, 7) is 2.38. The molecule has 24 heavy (non-hydrogen) atoms. The van der Waals surface area contributed by atoms with Gasteiger partial charge in [-0.05, 0) is 42.8 Å². The van der Waals surface area contributed by atoms with Crippen LogP contribution in [0.2, 0.25) is 0 Å². The van der Waals surface area contributed by atoms with E-state index in [-0.39, 0.29) is 18.3 Å². The summed E-state index contributed by atoms with van der Waals surface area (Å²) in [5, 5.41) is 4.01. The molecular weight excluding hydrogens is 307 g/mol. The second kappa shape index (κ2) is 6.74. The first-order valence-corrected chi connectivity index (χ1v) is 7.74. The van der Waals surface area contributed by atoms with Crippen LogP contribution in [-0.4, -0.2) is 17.1 Å².